The van der Waals surface area contributed by atoms with Crippen LogP contribution >= 0.6 is 0 Å². The van der Waals surface area contributed by atoms with Gasteiger partial charge in [-0.05, 0) is 36.6 Å². The van der Waals surface area contributed by atoms with Crippen LogP contribution in [0.5, 0.6) is 0 Å². The molecule has 3 amide bonds. The minimum atomic E-state index is -0.783. The molecule has 4 N–H and O–H groups in total. The third-order valence-corrected chi connectivity index (χ3v) is 5.94. The zero-order valence-corrected chi connectivity index (χ0v) is 18.1. The zero-order valence-electron chi connectivity index (χ0n) is 18.1. The van der Waals surface area contributed by atoms with E-state index >= 15 is 0 Å². The van der Waals surface area contributed by atoms with Gasteiger partial charge in [-0.1, -0.05) is 44.5 Å². The molecule has 1 aromatic heterocycles. The van der Waals surface area contributed by atoms with Crippen LogP contribution in [0.25, 0.3) is 11.0 Å². The molecule has 32 heavy (non-hydrogen) atoms. The summed E-state index contributed by atoms with van der Waals surface area (Å²) in [5.74, 6) is 0.0234. The molecule has 0 fully saturated rings. The Bertz CT molecular complexity index is 1120. The van der Waals surface area contributed by atoms with Crippen molar-refractivity contribution in [1.82, 2.24) is 20.6 Å². The van der Waals surface area contributed by atoms with Gasteiger partial charge in [-0.15, -0.1) is 0 Å². The highest BCUT2D eigenvalue weighted by atomic mass is 16.2. The fourth-order valence-electron chi connectivity index (χ4n) is 3.87. The number of H-pyrrole nitrogens is 1. The van der Waals surface area contributed by atoms with Crippen LogP contribution in [0.4, 0.5) is 5.69 Å². The number of carbonyl (C=O) groups is 3. The second-order valence-corrected chi connectivity index (χ2v) is 8.17. The number of aromatic nitrogens is 2. The molecule has 1 unspecified atom stereocenters. The molecule has 2 aromatic carbocycles. The van der Waals surface area contributed by atoms with Crippen LogP contribution in [0, 0.1) is 5.92 Å². The number of para-hydroxylation sites is 3. The molecular weight excluding hydrogens is 406 g/mol. The summed E-state index contributed by atoms with van der Waals surface area (Å²) in [6, 6.07) is 13.5. The average Bonchev–Trinajstić information content (AvgIpc) is 3.18. The SMILES string of the molecule is CC[C@@H](C)[C@H](NC(=O)CCC1NC(=O)c2ccccc2NC1=O)c1nc2ccccc2[nH]1. The molecule has 1 aliphatic heterocycles. The lowest BCUT2D eigenvalue weighted by atomic mass is 9.98. The van der Waals surface area contributed by atoms with Gasteiger partial charge < -0.3 is 20.9 Å². The highest BCUT2D eigenvalue weighted by molar-refractivity contribution is 6.09. The molecule has 0 aliphatic carbocycles. The number of carbonyl (C=O) groups excluding carboxylic acids is 3. The number of anilines is 1. The standard InChI is InChI=1S/C24H27N5O3/c1-3-14(2)21(22-25-17-10-6-7-11-18(17)26-22)29-20(30)13-12-19-24(32)27-16-9-5-4-8-15(16)23(31)28-19/h4-11,14,19,21H,3,12-13H2,1-2H3,(H,25,26)(H,27,32)(H,28,31)(H,29,30)/t14-,19?,21+/m1/s1. The maximum atomic E-state index is 12.8. The maximum Gasteiger partial charge on any atom is 0.254 e. The topological polar surface area (TPSA) is 116 Å². The van der Waals surface area contributed by atoms with Crippen LogP contribution in [0.15, 0.2) is 48.5 Å². The van der Waals surface area contributed by atoms with E-state index in [1.165, 1.54) is 0 Å². The van der Waals surface area contributed by atoms with Crippen LogP contribution in [0.1, 0.15) is 55.3 Å². The largest absolute Gasteiger partial charge is 0.346 e. The monoisotopic (exact) mass is 433 g/mol. The fraction of sp³-hybridized carbons (Fsp3) is 0.333. The number of hydrogen-bond donors (Lipinski definition) is 4. The molecule has 1 aliphatic rings. The minimum Gasteiger partial charge on any atom is -0.346 e. The number of fused-ring (bicyclic) bond motifs is 2. The summed E-state index contributed by atoms with van der Waals surface area (Å²) in [5, 5.41) is 8.56. The number of nitrogens with zero attached hydrogens (tertiary/aromatic N) is 1. The van der Waals surface area contributed by atoms with Crippen molar-refractivity contribution in [3.63, 3.8) is 0 Å². The van der Waals surface area contributed by atoms with Crippen LogP contribution in [0.3, 0.4) is 0 Å². The fourth-order valence-corrected chi connectivity index (χ4v) is 3.87. The van der Waals surface area contributed by atoms with Crippen LogP contribution < -0.4 is 16.0 Å². The molecule has 8 nitrogen and oxygen atoms in total. The van der Waals surface area contributed by atoms with Crippen molar-refractivity contribution in [1.29, 1.82) is 0 Å². The van der Waals surface area contributed by atoms with Gasteiger partial charge in [0.15, 0.2) is 0 Å². The second kappa shape index (κ2) is 9.21. The molecule has 4 rings (SSSR count). The van der Waals surface area contributed by atoms with E-state index in [1.807, 2.05) is 24.3 Å². The van der Waals surface area contributed by atoms with E-state index in [0.717, 1.165) is 17.5 Å². The average molecular weight is 434 g/mol. The molecule has 0 bridgehead atoms. The normalized spacial score (nSPS) is 17.6. The minimum absolute atomic E-state index is 0.0991. The molecule has 8 heteroatoms. The van der Waals surface area contributed by atoms with Crippen molar-refractivity contribution in [3.8, 4) is 0 Å². The first kappa shape index (κ1) is 21.5. The van der Waals surface area contributed by atoms with Gasteiger partial charge in [0.1, 0.15) is 11.9 Å². The van der Waals surface area contributed by atoms with E-state index in [0.29, 0.717) is 17.1 Å². The number of nitrogens with one attached hydrogen (secondary N) is 4. The Labute approximate surface area is 186 Å². The van der Waals surface area contributed by atoms with Crippen LogP contribution in [-0.2, 0) is 9.59 Å². The summed E-state index contributed by atoms with van der Waals surface area (Å²) >= 11 is 0. The molecule has 2 heterocycles. The molecule has 0 radical (unpaired) electrons. The highest BCUT2D eigenvalue weighted by Gasteiger charge is 2.29. The summed E-state index contributed by atoms with van der Waals surface area (Å²) in [7, 11) is 0. The first-order valence-corrected chi connectivity index (χ1v) is 10.9. The Hall–Kier alpha value is -3.68. The van der Waals surface area contributed by atoms with Gasteiger partial charge in [0.25, 0.3) is 5.91 Å². The van der Waals surface area contributed by atoms with Gasteiger partial charge in [-0.3, -0.25) is 14.4 Å². The van der Waals surface area contributed by atoms with Crippen molar-refractivity contribution < 1.29 is 14.4 Å². The zero-order chi connectivity index (χ0) is 22.7. The number of rotatable bonds is 7. The van der Waals surface area contributed by atoms with Crippen molar-refractivity contribution in [2.24, 2.45) is 5.92 Å². The lowest BCUT2D eigenvalue weighted by Crippen LogP contribution is -2.42. The van der Waals surface area contributed by atoms with Gasteiger partial charge >= 0.3 is 0 Å². The lowest BCUT2D eigenvalue weighted by Gasteiger charge is -2.23. The maximum absolute atomic E-state index is 12.8. The third-order valence-electron chi connectivity index (χ3n) is 5.94. The Kier molecular flexibility index (Phi) is 6.20. The summed E-state index contributed by atoms with van der Waals surface area (Å²) in [4.78, 5) is 45.8. The van der Waals surface area contributed by atoms with Crippen LogP contribution in [-0.4, -0.2) is 33.7 Å². The third kappa shape index (κ3) is 4.49. The summed E-state index contributed by atoms with van der Waals surface area (Å²) in [6.07, 6.45) is 1.16. The number of aromatic amines is 1. The first-order valence-electron chi connectivity index (χ1n) is 10.9. The molecule has 0 saturated carbocycles. The second-order valence-electron chi connectivity index (χ2n) is 8.17. The van der Waals surface area contributed by atoms with E-state index in [9.17, 15) is 14.4 Å². The number of hydrogen-bond acceptors (Lipinski definition) is 4. The number of benzene rings is 2. The van der Waals surface area contributed by atoms with Gasteiger partial charge in [0.2, 0.25) is 11.8 Å². The Morgan fingerprint density at radius 2 is 1.88 bits per heavy atom. The van der Waals surface area contributed by atoms with Crippen molar-refractivity contribution in [2.75, 3.05) is 5.32 Å². The Morgan fingerprint density at radius 1 is 1.12 bits per heavy atom. The molecule has 166 valence electrons. The van der Waals surface area contributed by atoms with Gasteiger partial charge in [0, 0.05) is 6.42 Å². The van der Waals surface area contributed by atoms with Crippen molar-refractivity contribution in [3.05, 3.63) is 59.9 Å². The summed E-state index contributed by atoms with van der Waals surface area (Å²) in [6.45, 7) is 4.13. The first-order chi connectivity index (χ1) is 15.5. The Morgan fingerprint density at radius 3 is 2.66 bits per heavy atom. The number of amides is 3. The lowest BCUT2D eigenvalue weighted by molar-refractivity contribution is -0.123. The van der Waals surface area contributed by atoms with E-state index in [2.05, 4.69) is 39.8 Å². The molecule has 0 saturated heterocycles. The molecular formula is C24H27N5O3. The quantitative estimate of drug-likeness (QED) is 0.457. The molecule has 3 aromatic rings. The van der Waals surface area contributed by atoms with E-state index in [1.54, 1.807) is 24.3 Å². The van der Waals surface area contributed by atoms with Gasteiger partial charge in [-0.25, -0.2) is 4.98 Å². The van der Waals surface area contributed by atoms with Crippen molar-refractivity contribution >= 4 is 34.4 Å². The summed E-state index contributed by atoms with van der Waals surface area (Å²) in [5.41, 5.74) is 2.66. The molecule has 3 atom stereocenters. The predicted octanol–water partition coefficient (Wildman–Crippen LogP) is 3.30. The van der Waals surface area contributed by atoms with Crippen LogP contribution in [0.2, 0.25) is 0 Å². The van der Waals surface area contributed by atoms with E-state index in [-0.39, 0.29) is 42.5 Å². The highest BCUT2D eigenvalue weighted by Crippen LogP contribution is 2.25. The predicted molar refractivity (Wildman–Crippen MR) is 122 cm³/mol. The van der Waals surface area contributed by atoms with Gasteiger partial charge in [-0.2, -0.15) is 0 Å². The van der Waals surface area contributed by atoms with Gasteiger partial charge in [0.05, 0.1) is 28.3 Å². The summed E-state index contributed by atoms with van der Waals surface area (Å²) < 4.78 is 0. The number of imidazole rings is 1. The molecule has 0 spiro atoms. The van der Waals surface area contributed by atoms with Crippen molar-refractivity contribution in [2.45, 2.75) is 45.2 Å². The smallest absolute Gasteiger partial charge is 0.254 e. The Balaban J connectivity index is 1.42. The van der Waals surface area contributed by atoms with E-state index < -0.39 is 6.04 Å². The van der Waals surface area contributed by atoms with E-state index in [4.69, 9.17) is 0 Å².